The average molecular weight is 282 g/mol. The van der Waals surface area contributed by atoms with E-state index in [0.717, 1.165) is 18.4 Å². The van der Waals surface area contributed by atoms with E-state index in [0.29, 0.717) is 29.6 Å². The van der Waals surface area contributed by atoms with Gasteiger partial charge in [-0.25, -0.2) is 8.42 Å². The molecule has 4 nitrogen and oxygen atoms in total. The van der Waals surface area contributed by atoms with Crippen molar-refractivity contribution in [1.29, 1.82) is 0 Å². The number of benzene rings is 1. The Labute approximate surface area is 115 Å². The molecule has 5 heteroatoms. The zero-order valence-corrected chi connectivity index (χ0v) is 12.4. The maximum Gasteiger partial charge on any atom is 0.243 e. The molecule has 0 amide bonds. The Morgan fingerprint density at radius 1 is 1.32 bits per heavy atom. The molecule has 0 heterocycles. The van der Waals surface area contributed by atoms with E-state index in [2.05, 4.69) is 0 Å². The van der Waals surface area contributed by atoms with Gasteiger partial charge in [0.2, 0.25) is 10.0 Å². The molecular weight excluding hydrogens is 260 g/mol. The van der Waals surface area contributed by atoms with Crippen molar-refractivity contribution in [2.45, 2.75) is 38.0 Å². The largest absolute Gasteiger partial charge is 0.399 e. The third-order valence-electron chi connectivity index (χ3n) is 3.75. The third kappa shape index (κ3) is 3.09. The maximum absolute atomic E-state index is 12.6. The summed E-state index contributed by atoms with van der Waals surface area (Å²) in [5.41, 5.74) is 7.13. The smallest absolute Gasteiger partial charge is 0.243 e. The van der Waals surface area contributed by atoms with Gasteiger partial charge in [0.25, 0.3) is 0 Å². The molecule has 0 unspecified atom stereocenters. The molecule has 0 spiro atoms. The normalized spacial score (nSPS) is 16.6. The first-order chi connectivity index (χ1) is 8.93. The number of anilines is 1. The van der Waals surface area contributed by atoms with Gasteiger partial charge in [-0.15, -0.1) is 0 Å². The van der Waals surface area contributed by atoms with Crippen LogP contribution >= 0.6 is 0 Å². The van der Waals surface area contributed by atoms with Crippen molar-refractivity contribution in [3.8, 4) is 0 Å². The van der Waals surface area contributed by atoms with Gasteiger partial charge in [0, 0.05) is 18.8 Å². The van der Waals surface area contributed by atoms with Crippen LogP contribution < -0.4 is 5.73 Å². The highest BCUT2D eigenvalue weighted by molar-refractivity contribution is 7.89. The first kappa shape index (κ1) is 14.3. The number of nitrogens with two attached hydrogens (primary N) is 1. The molecule has 0 aliphatic heterocycles. The Hall–Kier alpha value is -1.07. The van der Waals surface area contributed by atoms with Crippen molar-refractivity contribution in [3.05, 3.63) is 23.8 Å². The summed E-state index contributed by atoms with van der Waals surface area (Å²) in [5, 5.41) is 0. The summed E-state index contributed by atoms with van der Waals surface area (Å²) in [6.07, 6.45) is 3.50. The fourth-order valence-electron chi connectivity index (χ4n) is 2.44. The summed E-state index contributed by atoms with van der Waals surface area (Å²) in [6, 6.07) is 5.02. The number of sulfonamides is 1. The molecule has 1 aromatic rings. The van der Waals surface area contributed by atoms with E-state index >= 15 is 0 Å². The molecule has 1 aliphatic rings. The Morgan fingerprint density at radius 3 is 2.47 bits per heavy atom. The summed E-state index contributed by atoms with van der Waals surface area (Å²) in [6.45, 7) is 4.88. The Balaban J connectivity index is 2.27. The lowest BCUT2D eigenvalue weighted by Crippen LogP contribution is -2.37. The van der Waals surface area contributed by atoms with Crippen LogP contribution in [0, 0.1) is 12.8 Å². The van der Waals surface area contributed by atoms with Gasteiger partial charge in [-0.05, 0) is 49.4 Å². The number of nitrogens with zero attached hydrogens (tertiary/aromatic N) is 1. The molecule has 19 heavy (non-hydrogen) atoms. The minimum absolute atomic E-state index is 0.311. The van der Waals surface area contributed by atoms with Crippen LogP contribution in [0.5, 0.6) is 0 Å². The monoisotopic (exact) mass is 282 g/mol. The molecule has 2 N–H and O–H groups in total. The van der Waals surface area contributed by atoms with Crippen molar-refractivity contribution in [2.24, 2.45) is 5.92 Å². The minimum Gasteiger partial charge on any atom is -0.399 e. The summed E-state index contributed by atoms with van der Waals surface area (Å²) in [4.78, 5) is 0.311. The fourth-order valence-corrected chi connectivity index (χ4v) is 4.10. The van der Waals surface area contributed by atoms with E-state index in [1.165, 1.54) is 6.42 Å². The van der Waals surface area contributed by atoms with E-state index in [4.69, 9.17) is 5.73 Å². The zero-order valence-electron chi connectivity index (χ0n) is 11.6. The van der Waals surface area contributed by atoms with Crippen LogP contribution in [0.15, 0.2) is 23.1 Å². The van der Waals surface area contributed by atoms with Crippen molar-refractivity contribution < 1.29 is 8.42 Å². The third-order valence-corrected chi connectivity index (χ3v) is 5.67. The van der Waals surface area contributed by atoms with Gasteiger partial charge in [-0.2, -0.15) is 4.31 Å². The van der Waals surface area contributed by atoms with Crippen molar-refractivity contribution in [3.63, 3.8) is 0 Å². The number of rotatable bonds is 5. The van der Waals surface area contributed by atoms with Crippen LogP contribution in [-0.2, 0) is 10.0 Å². The molecule has 1 saturated carbocycles. The first-order valence-corrected chi connectivity index (χ1v) is 8.25. The molecule has 1 aliphatic carbocycles. The highest BCUT2D eigenvalue weighted by atomic mass is 32.2. The van der Waals surface area contributed by atoms with E-state index in [-0.39, 0.29) is 0 Å². The van der Waals surface area contributed by atoms with Gasteiger partial charge in [-0.3, -0.25) is 0 Å². The van der Waals surface area contributed by atoms with Crippen molar-refractivity contribution in [2.75, 3.05) is 18.8 Å². The van der Waals surface area contributed by atoms with Gasteiger partial charge in [0.05, 0.1) is 4.90 Å². The second-order valence-corrected chi connectivity index (χ2v) is 7.27. The average Bonchev–Trinajstić information content (AvgIpc) is 2.26. The van der Waals surface area contributed by atoms with Gasteiger partial charge < -0.3 is 5.73 Å². The summed E-state index contributed by atoms with van der Waals surface area (Å²) in [7, 11) is -3.41. The van der Waals surface area contributed by atoms with Crippen LogP contribution in [0.1, 0.15) is 31.7 Å². The van der Waals surface area contributed by atoms with Crippen LogP contribution in [0.2, 0.25) is 0 Å². The van der Waals surface area contributed by atoms with E-state index in [1.54, 1.807) is 22.5 Å². The Bertz CT molecular complexity index is 530. The SMILES string of the molecule is CCN(CC1CCC1)S(=O)(=O)c1cc(C)cc(N)c1. The lowest BCUT2D eigenvalue weighted by atomic mass is 9.85. The highest BCUT2D eigenvalue weighted by Gasteiger charge is 2.28. The molecule has 1 fully saturated rings. The predicted octanol–water partition coefficient (Wildman–Crippen LogP) is 2.39. The lowest BCUT2D eigenvalue weighted by Gasteiger charge is -2.31. The molecule has 1 aromatic carbocycles. The molecule has 0 atom stereocenters. The van der Waals surface area contributed by atoms with Crippen LogP contribution in [0.25, 0.3) is 0 Å². The van der Waals surface area contributed by atoms with E-state index in [9.17, 15) is 8.42 Å². The molecule has 0 bridgehead atoms. The van der Waals surface area contributed by atoms with Gasteiger partial charge in [0.1, 0.15) is 0 Å². The number of hydrogen-bond donors (Lipinski definition) is 1. The second-order valence-electron chi connectivity index (χ2n) is 5.33. The van der Waals surface area contributed by atoms with Gasteiger partial charge in [-0.1, -0.05) is 13.3 Å². The molecule has 2 rings (SSSR count). The molecular formula is C14H22N2O2S. The zero-order chi connectivity index (χ0) is 14.0. The van der Waals surface area contributed by atoms with Crippen LogP contribution in [0.3, 0.4) is 0 Å². The maximum atomic E-state index is 12.6. The summed E-state index contributed by atoms with van der Waals surface area (Å²) in [5.74, 6) is 0.525. The Kier molecular flexibility index (Phi) is 4.16. The number of aryl methyl sites for hydroxylation is 1. The number of hydrogen-bond acceptors (Lipinski definition) is 3. The fraction of sp³-hybridized carbons (Fsp3) is 0.571. The van der Waals surface area contributed by atoms with Crippen molar-refractivity contribution >= 4 is 15.7 Å². The Morgan fingerprint density at radius 2 is 2.00 bits per heavy atom. The van der Waals surface area contributed by atoms with Gasteiger partial charge in [0.15, 0.2) is 0 Å². The predicted molar refractivity (Wildman–Crippen MR) is 77.4 cm³/mol. The standard InChI is InChI=1S/C14H22N2O2S/c1-3-16(10-12-5-4-6-12)19(17,18)14-8-11(2)7-13(15)9-14/h7-9,12H,3-6,10,15H2,1-2H3. The molecule has 0 radical (unpaired) electrons. The summed E-state index contributed by atoms with van der Waals surface area (Å²) >= 11 is 0. The summed E-state index contributed by atoms with van der Waals surface area (Å²) < 4.78 is 26.8. The molecule has 106 valence electrons. The van der Waals surface area contributed by atoms with E-state index in [1.807, 2.05) is 13.8 Å². The van der Waals surface area contributed by atoms with E-state index < -0.39 is 10.0 Å². The van der Waals surface area contributed by atoms with Gasteiger partial charge >= 0.3 is 0 Å². The van der Waals surface area contributed by atoms with Crippen LogP contribution in [-0.4, -0.2) is 25.8 Å². The molecule has 0 saturated heterocycles. The topological polar surface area (TPSA) is 63.4 Å². The molecule has 0 aromatic heterocycles. The lowest BCUT2D eigenvalue weighted by molar-refractivity contribution is 0.250. The number of nitrogen functional groups attached to an aromatic ring is 1. The second kappa shape index (κ2) is 5.51. The quantitative estimate of drug-likeness (QED) is 0.843. The van der Waals surface area contributed by atoms with Crippen LogP contribution in [0.4, 0.5) is 5.69 Å². The minimum atomic E-state index is -3.41. The highest BCUT2D eigenvalue weighted by Crippen LogP contribution is 2.29. The van der Waals surface area contributed by atoms with Crippen molar-refractivity contribution in [1.82, 2.24) is 4.31 Å². The first-order valence-electron chi connectivity index (χ1n) is 6.81.